The van der Waals surface area contributed by atoms with Crippen LogP contribution in [0.3, 0.4) is 0 Å². The number of pyridine rings is 1. The lowest BCUT2D eigenvalue weighted by Gasteiger charge is -2.38. The fraction of sp³-hybridized carbons (Fsp3) is 0.423. The molecule has 2 unspecified atom stereocenters. The third-order valence-corrected chi connectivity index (χ3v) is 9.07. The molecule has 192 valence electrons. The third-order valence-electron chi connectivity index (χ3n) is 6.66. The number of piperidine rings is 1. The molecule has 0 saturated carbocycles. The average Bonchev–Trinajstić information content (AvgIpc) is 3.27. The Morgan fingerprint density at radius 2 is 2.17 bits per heavy atom. The number of carbonyl (C=O) groups excluding carboxylic acids is 1. The summed E-state index contributed by atoms with van der Waals surface area (Å²) in [6.07, 6.45) is 3.31. The first kappa shape index (κ1) is 26.9. The molecular formula is C26H28ClFN2O4S2. The van der Waals surface area contributed by atoms with Crippen molar-refractivity contribution < 1.29 is 23.8 Å². The van der Waals surface area contributed by atoms with Crippen LogP contribution in [-0.4, -0.2) is 59.2 Å². The molecule has 0 radical (unpaired) electrons. The second-order valence-corrected chi connectivity index (χ2v) is 11.7. The van der Waals surface area contributed by atoms with Crippen LogP contribution in [0.4, 0.5) is 4.39 Å². The van der Waals surface area contributed by atoms with E-state index in [1.165, 1.54) is 22.9 Å². The number of benzene rings is 1. The number of halogens is 2. The summed E-state index contributed by atoms with van der Waals surface area (Å²) in [7, 11) is 1.57. The van der Waals surface area contributed by atoms with E-state index < -0.39 is 5.97 Å². The maximum atomic E-state index is 13.3. The van der Waals surface area contributed by atoms with Crippen molar-refractivity contribution in [2.45, 2.75) is 29.9 Å². The molecule has 0 amide bonds. The van der Waals surface area contributed by atoms with Crippen LogP contribution in [-0.2, 0) is 4.79 Å². The molecule has 1 aliphatic rings. The molecule has 6 nitrogen and oxygen atoms in total. The molecule has 2 aromatic heterocycles. The molecule has 0 bridgehead atoms. The zero-order valence-corrected chi connectivity index (χ0v) is 22.3. The lowest BCUT2D eigenvalue weighted by molar-refractivity contribution is -0.139. The Bertz CT molecular complexity index is 1240. The monoisotopic (exact) mass is 550 g/mol. The fourth-order valence-electron chi connectivity index (χ4n) is 4.84. The minimum Gasteiger partial charge on any atom is -0.497 e. The summed E-state index contributed by atoms with van der Waals surface area (Å²) in [6.45, 7) is 2.34. The van der Waals surface area contributed by atoms with Gasteiger partial charge in [-0.15, -0.1) is 23.1 Å². The highest BCUT2D eigenvalue weighted by Crippen LogP contribution is 2.34. The van der Waals surface area contributed by atoms with Gasteiger partial charge in [-0.2, -0.15) is 0 Å². The normalized spacial score (nSPS) is 18.4. The number of carboxylic acid groups (broad SMARTS) is 1. The molecule has 4 rings (SSSR count). The minimum atomic E-state index is -0.822. The highest BCUT2D eigenvalue weighted by molar-refractivity contribution is 8.01. The molecule has 0 aliphatic carbocycles. The first-order valence-electron chi connectivity index (χ1n) is 11.8. The van der Waals surface area contributed by atoms with Gasteiger partial charge in [0.25, 0.3) is 0 Å². The van der Waals surface area contributed by atoms with Gasteiger partial charge in [0, 0.05) is 54.2 Å². The Hall–Kier alpha value is -2.20. The molecule has 10 heteroatoms. The Morgan fingerprint density at radius 3 is 2.89 bits per heavy atom. The largest absolute Gasteiger partial charge is 0.497 e. The summed E-state index contributed by atoms with van der Waals surface area (Å²) in [5, 5.41) is 12.0. The summed E-state index contributed by atoms with van der Waals surface area (Å²) >= 11 is 9.41. The highest BCUT2D eigenvalue weighted by atomic mass is 35.5. The van der Waals surface area contributed by atoms with Crippen LogP contribution in [0, 0.1) is 17.7 Å². The summed E-state index contributed by atoms with van der Waals surface area (Å²) < 4.78 is 19.4. The first-order valence-corrected chi connectivity index (χ1v) is 14.0. The molecule has 1 aromatic carbocycles. The molecule has 1 fully saturated rings. The molecule has 3 aromatic rings. The molecule has 1 saturated heterocycles. The van der Waals surface area contributed by atoms with Gasteiger partial charge in [0.2, 0.25) is 0 Å². The van der Waals surface area contributed by atoms with Gasteiger partial charge in [0.05, 0.1) is 21.9 Å². The standard InChI is InChI=1S/C26H28ClFN2O4S2/c1-34-19-3-4-22-20(12-19)26(21(27)13-29-22)23(31)5-2-16-6-7-30(14-17(16)10-24(32)33)8-9-35-25-11-18(28)15-36-25/h3-4,11-13,15-17H,2,5-10,14H2,1H3,(H,32,33). The van der Waals surface area contributed by atoms with Gasteiger partial charge in [-0.1, -0.05) is 11.6 Å². The Balaban J connectivity index is 1.38. The Morgan fingerprint density at radius 1 is 1.33 bits per heavy atom. The van der Waals surface area contributed by atoms with Crippen LogP contribution in [0.25, 0.3) is 10.9 Å². The number of carbonyl (C=O) groups is 2. The number of ether oxygens (including phenoxy) is 1. The highest BCUT2D eigenvalue weighted by Gasteiger charge is 2.31. The maximum Gasteiger partial charge on any atom is 0.303 e. The Labute approximate surface area is 222 Å². The number of likely N-dealkylation sites (tertiary alicyclic amines) is 1. The summed E-state index contributed by atoms with van der Waals surface area (Å²) in [6, 6.07) is 6.90. The number of thiophene rings is 1. The van der Waals surface area contributed by atoms with Crippen LogP contribution >= 0.6 is 34.7 Å². The predicted octanol–water partition coefficient (Wildman–Crippen LogP) is 6.27. The van der Waals surface area contributed by atoms with E-state index in [-0.39, 0.29) is 36.3 Å². The predicted molar refractivity (Wildman–Crippen MR) is 142 cm³/mol. The van der Waals surface area contributed by atoms with Gasteiger partial charge in [-0.05, 0) is 55.5 Å². The molecule has 2 atom stereocenters. The number of hydrogen-bond acceptors (Lipinski definition) is 7. The van der Waals surface area contributed by atoms with E-state index in [9.17, 15) is 19.1 Å². The van der Waals surface area contributed by atoms with Gasteiger partial charge in [-0.3, -0.25) is 14.6 Å². The van der Waals surface area contributed by atoms with Gasteiger partial charge < -0.3 is 14.7 Å². The van der Waals surface area contributed by atoms with Gasteiger partial charge >= 0.3 is 5.97 Å². The van der Waals surface area contributed by atoms with Crippen LogP contribution < -0.4 is 4.74 Å². The van der Waals surface area contributed by atoms with Gasteiger partial charge in [0.15, 0.2) is 5.78 Å². The molecule has 3 heterocycles. The molecule has 36 heavy (non-hydrogen) atoms. The van der Waals surface area contributed by atoms with E-state index in [1.54, 1.807) is 43.1 Å². The van der Waals surface area contributed by atoms with E-state index in [0.717, 1.165) is 29.5 Å². The smallest absolute Gasteiger partial charge is 0.303 e. The zero-order chi connectivity index (χ0) is 25.7. The second-order valence-electron chi connectivity index (χ2n) is 8.97. The number of nitrogens with zero attached hydrogens (tertiary/aromatic N) is 2. The average molecular weight is 551 g/mol. The lowest BCUT2D eigenvalue weighted by atomic mass is 9.79. The van der Waals surface area contributed by atoms with Crippen molar-refractivity contribution >= 4 is 57.4 Å². The number of fused-ring (bicyclic) bond motifs is 1. The van der Waals surface area contributed by atoms with E-state index in [0.29, 0.717) is 40.2 Å². The maximum absolute atomic E-state index is 13.3. The number of thioether (sulfide) groups is 1. The van der Waals surface area contributed by atoms with Crippen molar-refractivity contribution in [3.05, 3.63) is 52.2 Å². The zero-order valence-electron chi connectivity index (χ0n) is 19.9. The molecular weight excluding hydrogens is 523 g/mol. The van der Waals surface area contributed by atoms with Crippen molar-refractivity contribution in [2.75, 3.05) is 32.5 Å². The fourth-order valence-corrected chi connectivity index (χ4v) is 6.99. The Kier molecular flexibility index (Phi) is 9.22. The number of aromatic nitrogens is 1. The van der Waals surface area contributed by atoms with Crippen molar-refractivity contribution in [3.63, 3.8) is 0 Å². The van der Waals surface area contributed by atoms with Crippen LogP contribution in [0.15, 0.2) is 40.1 Å². The minimum absolute atomic E-state index is 0.0296. The topological polar surface area (TPSA) is 79.7 Å². The van der Waals surface area contributed by atoms with Crippen LogP contribution in [0.2, 0.25) is 5.02 Å². The number of rotatable bonds is 11. The van der Waals surface area contributed by atoms with E-state index in [1.807, 2.05) is 0 Å². The first-order chi connectivity index (χ1) is 17.3. The van der Waals surface area contributed by atoms with E-state index in [4.69, 9.17) is 16.3 Å². The lowest BCUT2D eigenvalue weighted by Crippen LogP contribution is -2.42. The summed E-state index contributed by atoms with van der Waals surface area (Å²) in [5.74, 6) is 0.449. The third kappa shape index (κ3) is 6.76. The second kappa shape index (κ2) is 12.4. The number of hydrogen-bond donors (Lipinski definition) is 1. The molecule has 0 spiro atoms. The molecule has 1 aliphatic heterocycles. The van der Waals surface area contributed by atoms with Crippen LogP contribution in [0.5, 0.6) is 5.75 Å². The number of carboxylic acids is 1. The summed E-state index contributed by atoms with van der Waals surface area (Å²) in [4.78, 5) is 31.5. The summed E-state index contributed by atoms with van der Waals surface area (Å²) in [5.41, 5.74) is 1.11. The number of methoxy groups -OCH3 is 1. The van der Waals surface area contributed by atoms with Crippen LogP contribution in [0.1, 0.15) is 36.0 Å². The molecule has 1 N–H and O–H groups in total. The van der Waals surface area contributed by atoms with Gasteiger partial charge in [-0.25, -0.2) is 4.39 Å². The number of aliphatic carboxylic acids is 1. The van der Waals surface area contributed by atoms with E-state index in [2.05, 4.69) is 9.88 Å². The van der Waals surface area contributed by atoms with Crippen molar-refractivity contribution in [2.24, 2.45) is 11.8 Å². The number of ketones is 1. The van der Waals surface area contributed by atoms with E-state index >= 15 is 0 Å². The SMILES string of the molecule is COc1ccc2ncc(Cl)c(C(=O)CCC3CCN(CCSc4cc(F)cs4)CC3CC(=O)O)c2c1. The van der Waals surface area contributed by atoms with Crippen molar-refractivity contribution in [1.29, 1.82) is 0 Å². The number of Topliss-reactive ketones (excluding diaryl/α,β-unsaturated/α-hetero) is 1. The van der Waals surface area contributed by atoms with Crippen molar-refractivity contribution in [1.82, 2.24) is 9.88 Å². The quantitative estimate of drug-likeness (QED) is 0.223. The van der Waals surface area contributed by atoms with Gasteiger partial charge in [0.1, 0.15) is 11.6 Å². The van der Waals surface area contributed by atoms with Crippen molar-refractivity contribution in [3.8, 4) is 5.75 Å².